The fourth-order valence-corrected chi connectivity index (χ4v) is 2.38. The van der Waals surface area contributed by atoms with Crippen LogP contribution in [0.1, 0.15) is 28.4 Å². The van der Waals surface area contributed by atoms with Crippen LogP contribution in [0, 0.1) is 18.3 Å². The molecule has 2 aromatic carbocycles. The molecule has 0 radical (unpaired) electrons. The van der Waals surface area contributed by atoms with E-state index >= 15 is 0 Å². The lowest BCUT2D eigenvalue weighted by Gasteiger charge is -2.20. The molecule has 2 atom stereocenters. The van der Waals surface area contributed by atoms with Gasteiger partial charge in [-0.3, -0.25) is 0 Å². The Morgan fingerprint density at radius 2 is 1.92 bits per heavy atom. The second-order valence-corrected chi connectivity index (χ2v) is 5.59. The second kappa shape index (κ2) is 8.83. The Kier molecular flexibility index (Phi) is 6.52. The first-order valence-corrected chi connectivity index (χ1v) is 7.83. The summed E-state index contributed by atoms with van der Waals surface area (Å²) >= 11 is 0. The number of amides is 1. The minimum atomic E-state index is -1.23. The van der Waals surface area contributed by atoms with Crippen LogP contribution in [0.5, 0.6) is 0 Å². The number of nitrogens with one attached hydrogen (secondary N) is 1. The van der Waals surface area contributed by atoms with E-state index in [2.05, 4.69) is 5.32 Å². The molecule has 2 unspecified atom stereocenters. The third-order valence-corrected chi connectivity index (χ3v) is 3.85. The third kappa shape index (κ3) is 5.05. The van der Waals surface area contributed by atoms with Gasteiger partial charge in [0.25, 0.3) is 0 Å². The zero-order valence-corrected chi connectivity index (χ0v) is 13.8. The van der Waals surface area contributed by atoms with Gasteiger partial charge in [-0.2, -0.15) is 5.26 Å². The predicted molar refractivity (Wildman–Crippen MR) is 91.5 cm³/mol. The summed E-state index contributed by atoms with van der Waals surface area (Å²) in [6, 6.07) is 16.1. The third-order valence-electron chi connectivity index (χ3n) is 3.85. The van der Waals surface area contributed by atoms with Gasteiger partial charge in [0.2, 0.25) is 0 Å². The molecule has 0 saturated carbocycles. The smallest absolute Gasteiger partial charge is 0.407 e. The molecule has 3 N–H and O–H groups in total. The number of nitrogens with zero attached hydrogens (tertiary/aromatic N) is 1. The SMILES string of the molecule is Cc1c(C#N)cccc1C(O)C(O)CNC(=O)OCc1ccccc1. The first kappa shape index (κ1) is 18.5. The predicted octanol–water partition coefficient (Wildman–Crippen LogP) is 2.19. The monoisotopic (exact) mass is 340 g/mol. The Balaban J connectivity index is 1.86. The highest BCUT2D eigenvalue weighted by molar-refractivity contribution is 5.67. The number of rotatable bonds is 6. The van der Waals surface area contributed by atoms with E-state index in [1.807, 2.05) is 36.4 Å². The van der Waals surface area contributed by atoms with Crippen LogP contribution >= 0.6 is 0 Å². The van der Waals surface area contributed by atoms with E-state index in [-0.39, 0.29) is 13.2 Å². The number of ether oxygens (including phenoxy) is 1. The number of aliphatic hydroxyl groups excluding tert-OH is 2. The summed E-state index contributed by atoms with van der Waals surface area (Å²) in [6.07, 6.45) is -3.13. The lowest BCUT2D eigenvalue weighted by Crippen LogP contribution is -2.36. The molecule has 2 aromatic rings. The minimum absolute atomic E-state index is 0.120. The van der Waals surface area contributed by atoms with Crippen molar-refractivity contribution in [3.05, 3.63) is 70.8 Å². The molecular formula is C19H20N2O4. The van der Waals surface area contributed by atoms with Crippen molar-refractivity contribution in [2.24, 2.45) is 0 Å². The average molecular weight is 340 g/mol. The standard InChI is InChI=1S/C19H20N2O4/c1-13-15(10-20)8-5-9-16(13)18(23)17(22)11-21-19(24)25-12-14-6-3-2-4-7-14/h2-9,17-18,22-23H,11-12H2,1H3,(H,21,24). The summed E-state index contributed by atoms with van der Waals surface area (Å²) in [4.78, 5) is 11.7. The van der Waals surface area contributed by atoms with Gasteiger partial charge in [0, 0.05) is 6.54 Å². The highest BCUT2D eigenvalue weighted by atomic mass is 16.5. The van der Waals surface area contributed by atoms with Crippen LogP contribution in [-0.2, 0) is 11.3 Å². The Morgan fingerprint density at radius 1 is 1.20 bits per heavy atom. The fourth-order valence-electron chi connectivity index (χ4n) is 2.38. The highest BCUT2D eigenvalue weighted by Crippen LogP contribution is 2.23. The van der Waals surface area contributed by atoms with E-state index in [0.29, 0.717) is 16.7 Å². The normalized spacial score (nSPS) is 12.7. The largest absolute Gasteiger partial charge is 0.445 e. The molecule has 130 valence electrons. The number of hydrogen-bond donors (Lipinski definition) is 3. The van der Waals surface area contributed by atoms with Gasteiger partial charge in [0.05, 0.1) is 11.6 Å². The molecule has 6 nitrogen and oxygen atoms in total. The van der Waals surface area contributed by atoms with Crippen LogP contribution in [0.4, 0.5) is 4.79 Å². The van der Waals surface area contributed by atoms with Crippen molar-refractivity contribution < 1.29 is 19.7 Å². The maximum Gasteiger partial charge on any atom is 0.407 e. The lowest BCUT2D eigenvalue weighted by atomic mass is 9.96. The first-order valence-electron chi connectivity index (χ1n) is 7.83. The van der Waals surface area contributed by atoms with Gasteiger partial charge in [0.15, 0.2) is 0 Å². The number of carbonyl (C=O) groups is 1. The summed E-state index contributed by atoms with van der Waals surface area (Å²) in [7, 11) is 0. The van der Waals surface area contributed by atoms with Crippen LogP contribution < -0.4 is 5.32 Å². The number of alkyl carbamates (subject to hydrolysis) is 1. The molecule has 0 bridgehead atoms. The van der Waals surface area contributed by atoms with Crippen LogP contribution in [0.3, 0.4) is 0 Å². The molecule has 1 amide bonds. The number of aliphatic hydroxyl groups is 2. The summed E-state index contributed by atoms with van der Waals surface area (Å²) in [5.41, 5.74) is 2.33. The summed E-state index contributed by atoms with van der Waals surface area (Å²) < 4.78 is 5.04. The van der Waals surface area contributed by atoms with Gasteiger partial charge in [0.1, 0.15) is 18.8 Å². The van der Waals surface area contributed by atoms with Crippen molar-refractivity contribution in [3.8, 4) is 6.07 Å². The maximum absolute atomic E-state index is 11.7. The zero-order chi connectivity index (χ0) is 18.2. The Morgan fingerprint density at radius 3 is 2.60 bits per heavy atom. The molecule has 0 aliphatic carbocycles. The average Bonchev–Trinajstić information content (AvgIpc) is 2.65. The molecular weight excluding hydrogens is 320 g/mol. The van der Waals surface area contributed by atoms with Crippen molar-refractivity contribution in [2.45, 2.75) is 25.7 Å². The molecule has 6 heteroatoms. The topological polar surface area (TPSA) is 103 Å². The molecule has 0 saturated heterocycles. The Labute approximate surface area is 146 Å². The molecule has 0 spiro atoms. The van der Waals surface area contributed by atoms with Gasteiger partial charge in [-0.25, -0.2) is 4.79 Å². The molecule has 0 heterocycles. The fraction of sp³-hybridized carbons (Fsp3) is 0.263. The van der Waals surface area contributed by atoms with Gasteiger partial charge in [-0.1, -0.05) is 42.5 Å². The van der Waals surface area contributed by atoms with Crippen LogP contribution in [0.2, 0.25) is 0 Å². The number of carbonyl (C=O) groups excluding carboxylic acids is 1. The lowest BCUT2D eigenvalue weighted by molar-refractivity contribution is 0.0180. The van der Waals surface area contributed by atoms with Crippen molar-refractivity contribution in [3.63, 3.8) is 0 Å². The molecule has 0 aliphatic rings. The van der Waals surface area contributed by atoms with E-state index in [9.17, 15) is 15.0 Å². The Bertz CT molecular complexity index is 756. The Hall–Kier alpha value is -2.88. The molecule has 0 fully saturated rings. The highest BCUT2D eigenvalue weighted by Gasteiger charge is 2.21. The van der Waals surface area contributed by atoms with Crippen LogP contribution in [0.25, 0.3) is 0 Å². The van der Waals surface area contributed by atoms with E-state index in [4.69, 9.17) is 10.00 Å². The van der Waals surface area contributed by atoms with Crippen LogP contribution in [-0.4, -0.2) is 29.0 Å². The summed E-state index contributed by atoms with van der Waals surface area (Å²) in [5, 5.41) is 31.8. The second-order valence-electron chi connectivity index (χ2n) is 5.59. The van der Waals surface area contributed by atoms with Gasteiger partial charge >= 0.3 is 6.09 Å². The van der Waals surface area contributed by atoms with E-state index in [0.717, 1.165) is 5.56 Å². The molecule has 0 aliphatic heterocycles. The van der Waals surface area contributed by atoms with Gasteiger partial charge in [-0.15, -0.1) is 0 Å². The number of benzene rings is 2. The van der Waals surface area contributed by atoms with E-state index in [1.54, 1.807) is 25.1 Å². The quantitative estimate of drug-likeness (QED) is 0.748. The summed E-state index contributed by atoms with van der Waals surface area (Å²) in [5.74, 6) is 0. The van der Waals surface area contributed by atoms with Crippen molar-refractivity contribution >= 4 is 6.09 Å². The summed E-state index contributed by atoms with van der Waals surface area (Å²) in [6.45, 7) is 1.64. The van der Waals surface area contributed by atoms with Crippen molar-refractivity contribution in [2.75, 3.05) is 6.54 Å². The number of nitriles is 1. The molecule has 0 aromatic heterocycles. The zero-order valence-electron chi connectivity index (χ0n) is 13.8. The van der Waals surface area contributed by atoms with Gasteiger partial charge in [-0.05, 0) is 29.7 Å². The maximum atomic E-state index is 11.7. The molecule has 25 heavy (non-hydrogen) atoms. The van der Waals surface area contributed by atoms with Gasteiger partial charge < -0.3 is 20.3 Å². The van der Waals surface area contributed by atoms with Crippen molar-refractivity contribution in [1.29, 1.82) is 5.26 Å². The van der Waals surface area contributed by atoms with E-state index in [1.165, 1.54) is 0 Å². The first-order chi connectivity index (χ1) is 12.0. The molecule has 2 rings (SSSR count). The minimum Gasteiger partial charge on any atom is -0.445 e. The van der Waals surface area contributed by atoms with Crippen molar-refractivity contribution in [1.82, 2.24) is 5.32 Å². The van der Waals surface area contributed by atoms with E-state index < -0.39 is 18.3 Å². The van der Waals surface area contributed by atoms with Crippen LogP contribution in [0.15, 0.2) is 48.5 Å². The number of hydrogen-bond acceptors (Lipinski definition) is 5.